The van der Waals surface area contributed by atoms with Crippen molar-refractivity contribution in [2.75, 3.05) is 6.61 Å². The molecule has 1 N–H and O–H groups in total. The third kappa shape index (κ3) is 1.20. The van der Waals surface area contributed by atoms with Gasteiger partial charge in [-0.25, -0.2) is 4.98 Å². The van der Waals surface area contributed by atoms with Crippen molar-refractivity contribution in [3.05, 3.63) is 36.3 Å². The van der Waals surface area contributed by atoms with E-state index >= 15 is 0 Å². The molecule has 1 saturated heterocycles. The number of hydrogen-bond donors (Lipinski definition) is 1. The summed E-state index contributed by atoms with van der Waals surface area (Å²) in [4.78, 5) is 9.33. The first-order valence-electron chi connectivity index (χ1n) is 4.73. The molecular weight excluding hydrogens is 178 g/mol. The number of aromatic nitrogens is 2. The third-order valence-corrected chi connectivity index (χ3v) is 2.55. The molecule has 0 spiro atoms. The summed E-state index contributed by atoms with van der Waals surface area (Å²) in [5.41, 5.74) is 5.22. The van der Waals surface area contributed by atoms with Crippen molar-refractivity contribution < 1.29 is 4.84 Å². The van der Waals surface area contributed by atoms with Gasteiger partial charge in [0.2, 0.25) is 0 Å². The number of rotatable bonds is 1. The highest BCUT2D eigenvalue weighted by atomic mass is 16.7. The first kappa shape index (κ1) is 7.96. The highest BCUT2D eigenvalue weighted by molar-refractivity contribution is 5.40. The summed E-state index contributed by atoms with van der Waals surface area (Å²) in [6.45, 7) is 0.784. The van der Waals surface area contributed by atoms with Gasteiger partial charge < -0.3 is 9.24 Å². The predicted octanol–water partition coefficient (Wildman–Crippen LogP) is 1.30. The van der Waals surface area contributed by atoms with Gasteiger partial charge in [-0.2, -0.15) is 5.48 Å². The van der Waals surface area contributed by atoms with E-state index in [0.717, 1.165) is 18.7 Å². The minimum absolute atomic E-state index is 0.321. The van der Waals surface area contributed by atoms with Gasteiger partial charge in [-0.15, -0.1) is 0 Å². The zero-order chi connectivity index (χ0) is 9.38. The van der Waals surface area contributed by atoms with Gasteiger partial charge in [-0.05, 0) is 18.1 Å². The molecule has 1 unspecified atom stereocenters. The van der Waals surface area contributed by atoms with Gasteiger partial charge in [-0.3, -0.25) is 0 Å². The highest BCUT2D eigenvalue weighted by Crippen LogP contribution is 2.20. The Bertz CT molecular complexity index is 445. The second-order valence-electron chi connectivity index (χ2n) is 3.46. The van der Waals surface area contributed by atoms with E-state index in [1.807, 2.05) is 16.7 Å². The van der Waals surface area contributed by atoms with Crippen molar-refractivity contribution in [1.29, 1.82) is 0 Å². The fourth-order valence-corrected chi connectivity index (χ4v) is 1.77. The first-order valence-corrected chi connectivity index (χ1v) is 4.73. The Morgan fingerprint density at radius 1 is 1.50 bits per heavy atom. The monoisotopic (exact) mass is 189 g/mol. The molecule has 1 aliphatic rings. The first-order chi connectivity index (χ1) is 6.93. The lowest BCUT2D eigenvalue weighted by atomic mass is 10.1. The van der Waals surface area contributed by atoms with E-state index < -0.39 is 0 Å². The lowest BCUT2D eigenvalue weighted by Crippen LogP contribution is -2.11. The summed E-state index contributed by atoms with van der Waals surface area (Å²) in [6.07, 6.45) is 6.88. The van der Waals surface area contributed by atoms with Crippen molar-refractivity contribution in [1.82, 2.24) is 14.9 Å². The molecule has 1 fully saturated rings. The minimum Gasteiger partial charge on any atom is -0.307 e. The number of imidazole rings is 1. The lowest BCUT2D eigenvalue weighted by molar-refractivity contribution is 0.0882. The largest absolute Gasteiger partial charge is 0.307 e. The smallest absolute Gasteiger partial charge is 0.136 e. The molecule has 0 saturated carbocycles. The molecule has 4 nitrogen and oxygen atoms in total. The second kappa shape index (κ2) is 3.08. The Kier molecular flexibility index (Phi) is 1.75. The van der Waals surface area contributed by atoms with Crippen LogP contribution in [0.3, 0.4) is 0 Å². The topological polar surface area (TPSA) is 38.6 Å². The van der Waals surface area contributed by atoms with Crippen molar-refractivity contribution in [3.63, 3.8) is 0 Å². The van der Waals surface area contributed by atoms with Gasteiger partial charge in [-0.1, -0.05) is 6.07 Å². The van der Waals surface area contributed by atoms with E-state index in [1.165, 1.54) is 5.56 Å². The van der Waals surface area contributed by atoms with Gasteiger partial charge in [0, 0.05) is 18.6 Å². The predicted molar refractivity (Wildman–Crippen MR) is 51.6 cm³/mol. The molecule has 2 aromatic heterocycles. The molecule has 2 aromatic rings. The van der Waals surface area contributed by atoms with E-state index in [-0.39, 0.29) is 0 Å². The standard InChI is InChI=1S/C10H11N3O/c1-2-10-11-4-5-13(10)7-8(1)9-3-6-14-12-9/h1-2,4-5,7,9,12H,3,6H2. The summed E-state index contributed by atoms with van der Waals surface area (Å²) in [7, 11) is 0. The van der Waals surface area contributed by atoms with Gasteiger partial charge >= 0.3 is 0 Å². The van der Waals surface area contributed by atoms with E-state index in [4.69, 9.17) is 4.84 Å². The van der Waals surface area contributed by atoms with Crippen LogP contribution in [0, 0.1) is 0 Å². The highest BCUT2D eigenvalue weighted by Gasteiger charge is 2.17. The van der Waals surface area contributed by atoms with Crippen LogP contribution >= 0.6 is 0 Å². The van der Waals surface area contributed by atoms with Crippen LogP contribution in [0.1, 0.15) is 18.0 Å². The van der Waals surface area contributed by atoms with Crippen LogP contribution < -0.4 is 5.48 Å². The van der Waals surface area contributed by atoms with Crippen molar-refractivity contribution in [2.45, 2.75) is 12.5 Å². The molecule has 3 rings (SSSR count). The molecule has 1 atom stereocenters. The van der Waals surface area contributed by atoms with Gasteiger partial charge in [0.15, 0.2) is 0 Å². The van der Waals surface area contributed by atoms with Crippen molar-refractivity contribution in [2.24, 2.45) is 0 Å². The molecule has 1 aliphatic heterocycles. The summed E-state index contributed by atoms with van der Waals surface area (Å²) >= 11 is 0. The van der Waals surface area contributed by atoms with E-state index in [0.29, 0.717) is 6.04 Å². The maximum atomic E-state index is 5.13. The molecular formula is C10H11N3O. The van der Waals surface area contributed by atoms with E-state index in [2.05, 4.69) is 22.7 Å². The summed E-state index contributed by atoms with van der Waals surface area (Å²) in [5, 5.41) is 0. The molecule has 14 heavy (non-hydrogen) atoms. The second-order valence-corrected chi connectivity index (χ2v) is 3.46. The zero-order valence-electron chi connectivity index (χ0n) is 7.68. The van der Waals surface area contributed by atoms with Gasteiger partial charge in [0.25, 0.3) is 0 Å². The molecule has 72 valence electrons. The maximum Gasteiger partial charge on any atom is 0.136 e. The molecule has 0 radical (unpaired) electrons. The normalized spacial score (nSPS) is 21.9. The Hall–Kier alpha value is -1.39. The molecule has 0 aliphatic carbocycles. The Morgan fingerprint density at radius 2 is 2.50 bits per heavy atom. The molecule has 3 heterocycles. The van der Waals surface area contributed by atoms with Crippen LogP contribution in [0.5, 0.6) is 0 Å². The number of nitrogens with one attached hydrogen (secondary N) is 1. The minimum atomic E-state index is 0.321. The third-order valence-electron chi connectivity index (χ3n) is 2.55. The Labute approximate surface area is 81.5 Å². The lowest BCUT2D eigenvalue weighted by Gasteiger charge is -2.08. The number of hydrogen-bond acceptors (Lipinski definition) is 3. The maximum absolute atomic E-state index is 5.13. The molecule has 0 amide bonds. The van der Waals surface area contributed by atoms with E-state index in [9.17, 15) is 0 Å². The number of nitrogens with zero attached hydrogens (tertiary/aromatic N) is 2. The van der Waals surface area contributed by atoms with E-state index in [1.54, 1.807) is 6.20 Å². The van der Waals surface area contributed by atoms with Gasteiger partial charge in [0.05, 0.1) is 12.6 Å². The fraction of sp³-hybridized carbons (Fsp3) is 0.300. The Morgan fingerprint density at radius 3 is 3.36 bits per heavy atom. The average Bonchev–Trinajstić information content (AvgIpc) is 2.88. The Balaban J connectivity index is 2.04. The molecule has 4 heteroatoms. The van der Waals surface area contributed by atoms with Crippen molar-refractivity contribution >= 4 is 5.65 Å². The summed E-state index contributed by atoms with van der Waals surface area (Å²) in [6, 6.07) is 4.44. The number of hydroxylamine groups is 1. The summed E-state index contributed by atoms with van der Waals surface area (Å²) < 4.78 is 2.02. The van der Waals surface area contributed by atoms with Gasteiger partial charge in [0.1, 0.15) is 5.65 Å². The quantitative estimate of drug-likeness (QED) is 0.734. The van der Waals surface area contributed by atoms with Crippen LogP contribution in [0.15, 0.2) is 30.7 Å². The SMILES string of the molecule is c1cn2cc(C3CCON3)ccc2n1. The molecule has 0 aromatic carbocycles. The molecule has 0 bridgehead atoms. The van der Waals surface area contributed by atoms with Crippen LogP contribution in [-0.2, 0) is 4.84 Å². The van der Waals surface area contributed by atoms with Crippen LogP contribution in [0.2, 0.25) is 0 Å². The zero-order valence-corrected chi connectivity index (χ0v) is 7.68. The van der Waals surface area contributed by atoms with Crippen molar-refractivity contribution in [3.8, 4) is 0 Å². The number of pyridine rings is 1. The fourth-order valence-electron chi connectivity index (χ4n) is 1.77. The average molecular weight is 189 g/mol. The number of fused-ring (bicyclic) bond motifs is 1. The van der Waals surface area contributed by atoms with Crippen LogP contribution in [0.4, 0.5) is 0 Å². The van der Waals surface area contributed by atoms with Crippen LogP contribution in [-0.4, -0.2) is 16.0 Å². The summed E-state index contributed by atoms with van der Waals surface area (Å²) in [5.74, 6) is 0. The van der Waals surface area contributed by atoms with Crippen LogP contribution in [0.25, 0.3) is 5.65 Å².